The molecule has 84 valence electrons. The molecule has 0 amide bonds. The summed E-state index contributed by atoms with van der Waals surface area (Å²) in [5.74, 6) is -0.229. The first-order chi connectivity index (χ1) is 7.75. The van der Waals surface area contributed by atoms with E-state index in [-0.39, 0.29) is 0 Å². The molecule has 0 atom stereocenters. The van der Waals surface area contributed by atoms with E-state index < -0.39 is 11.6 Å². The van der Waals surface area contributed by atoms with Crippen LogP contribution in [0, 0.1) is 11.6 Å². The zero-order chi connectivity index (χ0) is 11.1. The summed E-state index contributed by atoms with van der Waals surface area (Å²) in [4.78, 5) is 0. The standard InChI is InChI=1S/C13H12F2O/c14-8-6-10(15)13-9-4-2-1-3-5-11(9)16-12(13)7-8/h6-7H,1-5H2. The van der Waals surface area contributed by atoms with Gasteiger partial charge in [0.2, 0.25) is 0 Å². The highest BCUT2D eigenvalue weighted by Crippen LogP contribution is 2.33. The maximum absolute atomic E-state index is 13.7. The van der Waals surface area contributed by atoms with Gasteiger partial charge in [0, 0.05) is 24.1 Å². The maximum Gasteiger partial charge on any atom is 0.140 e. The molecule has 3 heteroatoms. The molecule has 1 aromatic carbocycles. The Balaban J connectivity index is 2.29. The monoisotopic (exact) mass is 222 g/mol. The third kappa shape index (κ3) is 1.42. The number of fused-ring (bicyclic) bond motifs is 3. The molecule has 0 aliphatic heterocycles. The highest BCUT2D eigenvalue weighted by atomic mass is 19.1. The highest BCUT2D eigenvalue weighted by Gasteiger charge is 2.19. The Morgan fingerprint density at radius 2 is 1.81 bits per heavy atom. The summed E-state index contributed by atoms with van der Waals surface area (Å²) in [5, 5.41) is 0.485. The third-order valence-corrected chi connectivity index (χ3v) is 3.22. The van der Waals surface area contributed by atoms with E-state index in [1.54, 1.807) is 0 Å². The van der Waals surface area contributed by atoms with Gasteiger partial charge in [0.15, 0.2) is 0 Å². The molecule has 1 aliphatic carbocycles. The van der Waals surface area contributed by atoms with Crippen molar-refractivity contribution in [3.8, 4) is 0 Å². The van der Waals surface area contributed by atoms with Crippen LogP contribution in [0.3, 0.4) is 0 Å². The summed E-state index contributed by atoms with van der Waals surface area (Å²) in [5.41, 5.74) is 1.30. The van der Waals surface area contributed by atoms with Gasteiger partial charge in [0.05, 0.1) is 5.39 Å². The minimum Gasteiger partial charge on any atom is -0.461 e. The van der Waals surface area contributed by atoms with Crippen LogP contribution in [0.25, 0.3) is 11.0 Å². The first-order valence-corrected chi connectivity index (χ1v) is 5.65. The number of furan rings is 1. The molecule has 0 fully saturated rings. The van der Waals surface area contributed by atoms with Gasteiger partial charge >= 0.3 is 0 Å². The van der Waals surface area contributed by atoms with Crippen molar-refractivity contribution in [2.75, 3.05) is 0 Å². The van der Waals surface area contributed by atoms with Crippen molar-refractivity contribution < 1.29 is 13.2 Å². The van der Waals surface area contributed by atoms with Crippen molar-refractivity contribution in [1.29, 1.82) is 0 Å². The Hall–Kier alpha value is -1.38. The van der Waals surface area contributed by atoms with Gasteiger partial charge in [0.25, 0.3) is 0 Å². The second-order valence-electron chi connectivity index (χ2n) is 4.33. The Kier molecular flexibility index (Phi) is 2.20. The predicted molar refractivity (Wildman–Crippen MR) is 57.4 cm³/mol. The molecular formula is C13H12F2O. The predicted octanol–water partition coefficient (Wildman–Crippen LogP) is 3.98. The van der Waals surface area contributed by atoms with E-state index >= 15 is 0 Å². The zero-order valence-electron chi connectivity index (χ0n) is 8.85. The fourth-order valence-electron chi connectivity index (χ4n) is 2.49. The Morgan fingerprint density at radius 1 is 1.00 bits per heavy atom. The van der Waals surface area contributed by atoms with Gasteiger partial charge in [-0.05, 0) is 19.3 Å². The van der Waals surface area contributed by atoms with Gasteiger partial charge in [-0.3, -0.25) is 0 Å². The zero-order valence-corrected chi connectivity index (χ0v) is 8.85. The molecule has 1 aliphatic rings. The van der Waals surface area contributed by atoms with E-state index in [2.05, 4.69) is 0 Å². The smallest absolute Gasteiger partial charge is 0.140 e. The molecule has 0 unspecified atom stereocenters. The summed E-state index contributed by atoms with van der Waals surface area (Å²) in [6.07, 6.45) is 4.94. The SMILES string of the molecule is Fc1cc(F)c2c3c(oc2c1)CCCCC3. The Labute approximate surface area is 92.1 Å². The first kappa shape index (κ1) is 9.82. The van der Waals surface area contributed by atoms with Crippen LogP contribution in [-0.2, 0) is 12.8 Å². The topological polar surface area (TPSA) is 13.1 Å². The third-order valence-electron chi connectivity index (χ3n) is 3.22. The van der Waals surface area contributed by atoms with Crippen LogP contribution in [0.15, 0.2) is 16.5 Å². The van der Waals surface area contributed by atoms with Gasteiger partial charge in [0.1, 0.15) is 23.0 Å². The van der Waals surface area contributed by atoms with Crippen molar-refractivity contribution in [2.45, 2.75) is 32.1 Å². The van der Waals surface area contributed by atoms with E-state index in [1.165, 1.54) is 6.07 Å². The minimum atomic E-state index is -0.575. The Morgan fingerprint density at radius 3 is 2.69 bits per heavy atom. The molecule has 2 aromatic rings. The molecule has 0 N–H and O–H groups in total. The van der Waals surface area contributed by atoms with Crippen molar-refractivity contribution in [3.63, 3.8) is 0 Å². The van der Waals surface area contributed by atoms with E-state index in [0.29, 0.717) is 11.0 Å². The van der Waals surface area contributed by atoms with Gasteiger partial charge in [-0.2, -0.15) is 0 Å². The van der Waals surface area contributed by atoms with Crippen LogP contribution in [0.4, 0.5) is 8.78 Å². The van der Waals surface area contributed by atoms with Crippen LogP contribution in [0.5, 0.6) is 0 Å². The largest absolute Gasteiger partial charge is 0.461 e. The second kappa shape index (κ2) is 3.58. The van der Waals surface area contributed by atoms with E-state index in [0.717, 1.165) is 49.5 Å². The van der Waals surface area contributed by atoms with Gasteiger partial charge in [-0.25, -0.2) is 8.78 Å². The molecule has 1 heterocycles. The van der Waals surface area contributed by atoms with Crippen molar-refractivity contribution in [3.05, 3.63) is 35.1 Å². The highest BCUT2D eigenvalue weighted by molar-refractivity contribution is 5.83. The van der Waals surface area contributed by atoms with E-state index in [9.17, 15) is 8.78 Å². The summed E-state index contributed by atoms with van der Waals surface area (Å²) >= 11 is 0. The lowest BCUT2D eigenvalue weighted by Gasteiger charge is -1.97. The second-order valence-corrected chi connectivity index (χ2v) is 4.33. The van der Waals surface area contributed by atoms with Crippen LogP contribution in [0.1, 0.15) is 30.6 Å². The fraction of sp³-hybridized carbons (Fsp3) is 0.385. The molecule has 16 heavy (non-hydrogen) atoms. The first-order valence-electron chi connectivity index (χ1n) is 5.65. The summed E-state index contributed by atoms with van der Waals surface area (Å²) in [6.45, 7) is 0. The maximum atomic E-state index is 13.7. The van der Waals surface area contributed by atoms with Crippen LogP contribution in [-0.4, -0.2) is 0 Å². The number of benzene rings is 1. The average molecular weight is 222 g/mol. The lowest BCUT2D eigenvalue weighted by atomic mass is 10.1. The van der Waals surface area contributed by atoms with Gasteiger partial charge in [-0.1, -0.05) is 6.42 Å². The van der Waals surface area contributed by atoms with Gasteiger partial charge in [-0.15, -0.1) is 0 Å². The fourth-order valence-corrected chi connectivity index (χ4v) is 2.49. The number of aryl methyl sites for hydroxylation is 2. The number of rotatable bonds is 0. The molecule has 1 aromatic heterocycles. The lowest BCUT2D eigenvalue weighted by molar-refractivity contribution is 0.532. The minimum absolute atomic E-state index is 0.351. The molecule has 0 radical (unpaired) electrons. The van der Waals surface area contributed by atoms with Crippen LogP contribution in [0.2, 0.25) is 0 Å². The molecule has 0 spiro atoms. The van der Waals surface area contributed by atoms with Crippen molar-refractivity contribution >= 4 is 11.0 Å². The molecular weight excluding hydrogens is 210 g/mol. The lowest BCUT2D eigenvalue weighted by Crippen LogP contribution is -1.87. The quantitative estimate of drug-likeness (QED) is 0.614. The molecule has 0 bridgehead atoms. The average Bonchev–Trinajstić information content (AvgIpc) is 2.42. The molecule has 1 nitrogen and oxygen atoms in total. The van der Waals surface area contributed by atoms with Crippen molar-refractivity contribution in [1.82, 2.24) is 0 Å². The molecule has 3 rings (SSSR count). The van der Waals surface area contributed by atoms with Gasteiger partial charge < -0.3 is 4.42 Å². The molecule has 0 saturated carbocycles. The normalized spacial score (nSPS) is 16.1. The number of halogens is 2. The summed E-state index contributed by atoms with van der Waals surface area (Å²) in [6, 6.07) is 2.20. The van der Waals surface area contributed by atoms with Crippen molar-refractivity contribution in [2.24, 2.45) is 0 Å². The van der Waals surface area contributed by atoms with E-state index in [4.69, 9.17) is 4.42 Å². The number of hydrogen-bond donors (Lipinski definition) is 0. The number of hydrogen-bond acceptors (Lipinski definition) is 1. The summed E-state index contributed by atoms with van der Waals surface area (Å²) < 4.78 is 32.3. The van der Waals surface area contributed by atoms with E-state index in [1.807, 2.05) is 0 Å². The van der Waals surface area contributed by atoms with Crippen LogP contribution >= 0.6 is 0 Å². The molecule has 0 saturated heterocycles. The van der Waals surface area contributed by atoms with Crippen LogP contribution < -0.4 is 0 Å². The Bertz CT molecular complexity index is 542. The summed E-state index contributed by atoms with van der Waals surface area (Å²) in [7, 11) is 0.